The zero-order chi connectivity index (χ0) is 10.9. The number of Topliss-reactive ketones (excluding diaryl/α,β-unsaturated/α-hetero) is 1. The quantitative estimate of drug-likeness (QED) is 0.692. The number of benzene rings is 1. The molecule has 0 heterocycles. The summed E-state index contributed by atoms with van der Waals surface area (Å²) in [6.45, 7) is 0. The Morgan fingerprint density at radius 3 is 2.53 bits per heavy atom. The number of hydrogen-bond acceptors (Lipinski definition) is 3. The normalized spacial score (nSPS) is 18.7. The van der Waals surface area contributed by atoms with Crippen molar-refractivity contribution in [2.75, 3.05) is 14.2 Å². The molecule has 0 aromatic heterocycles. The SMILES string of the molecule is COC1(OC)CCc2ccccc2C1=O. The van der Waals surface area contributed by atoms with E-state index < -0.39 is 5.79 Å². The average molecular weight is 206 g/mol. The molecular weight excluding hydrogens is 192 g/mol. The number of aryl methyl sites for hydroxylation is 1. The van der Waals surface area contributed by atoms with Crippen molar-refractivity contribution in [1.29, 1.82) is 0 Å². The first-order valence-electron chi connectivity index (χ1n) is 4.96. The summed E-state index contributed by atoms with van der Waals surface area (Å²) in [5.74, 6) is -1.15. The monoisotopic (exact) mass is 206 g/mol. The fourth-order valence-corrected chi connectivity index (χ4v) is 2.05. The lowest BCUT2D eigenvalue weighted by molar-refractivity contribution is -0.174. The molecule has 1 aromatic carbocycles. The van der Waals surface area contributed by atoms with Crippen LogP contribution in [0.2, 0.25) is 0 Å². The van der Waals surface area contributed by atoms with E-state index in [2.05, 4.69) is 0 Å². The third-order valence-corrected chi connectivity index (χ3v) is 2.99. The van der Waals surface area contributed by atoms with E-state index in [1.54, 1.807) is 0 Å². The molecule has 0 radical (unpaired) electrons. The van der Waals surface area contributed by atoms with Gasteiger partial charge in [-0.05, 0) is 12.0 Å². The first-order chi connectivity index (χ1) is 7.23. The Bertz CT molecular complexity index is 380. The van der Waals surface area contributed by atoms with Gasteiger partial charge in [0.2, 0.25) is 11.6 Å². The smallest absolute Gasteiger partial charge is 0.233 e. The van der Waals surface area contributed by atoms with E-state index in [1.807, 2.05) is 24.3 Å². The lowest BCUT2D eigenvalue weighted by atomic mass is 9.86. The standard InChI is InChI=1S/C12H14O3/c1-14-12(15-2)8-7-9-5-3-4-6-10(9)11(12)13/h3-6H,7-8H2,1-2H3. The molecule has 0 saturated carbocycles. The van der Waals surface area contributed by atoms with Gasteiger partial charge in [0.05, 0.1) is 0 Å². The molecule has 80 valence electrons. The summed E-state index contributed by atoms with van der Waals surface area (Å²) < 4.78 is 10.5. The van der Waals surface area contributed by atoms with Gasteiger partial charge in [0.25, 0.3) is 0 Å². The highest BCUT2D eigenvalue weighted by atomic mass is 16.7. The molecule has 1 aromatic rings. The van der Waals surface area contributed by atoms with Crippen LogP contribution in [-0.4, -0.2) is 25.8 Å². The van der Waals surface area contributed by atoms with E-state index in [9.17, 15) is 4.79 Å². The predicted octanol–water partition coefficient (Wildman–Crippen LogP) is 1.80. The Hall–Kier alpha value is -1.19. The van der Waals surface area contributed by atoms with Gasteiger partial charge < -0.3 is 9.47 Å². The second kappa shape index (κ2) is 3.76. The van der Waals surface area contributed by atoms with Crippen molar-refractivity contribution in [3.8, 4) is 0 Å². The molecule has 1 aliphatic rings. The molecule has 0 bridgehead atoms. The Labute approximate surface area is 89.0 Å². The van der Waals surface area contributed by atoms with Crippen LogP contribution >= 0.6 is 0 Å². The highest BCUT2D eigenvalue weighted by Crippen LogP contribution is 2.31. The van der Waals surface area contributed by atoms with Crippen molar-refractivity contribution >= 4 is 5.78 Å². The second-order valence-electron chi connectivity index (χ2n) is 3.65. The fraction of sp³-hybridized carbons (Fsp3) is 0.417. The Morgan fingerprint density at radius 1 is 1.20 bits per heavy atom. The minimum atomic E-state index is -1.08. The summed E-state index contributed by atoms with van der Waals surface area (Å²) in [6, 6.07) is 7.60. The van der Waals surface area contributed by atoms with Crippen LogP contribution in [0.1, 0.15) is 22.3 Å². The van der Waals surface area contributed by atoms with Crippen LogP contribution in [0, 0.1) is 0 Å². The van der Waals surface area contributed by atoms with E-state index >= 15 is 0 Å². The highest BCUT2D eigenvalue weighted by molar-refractivity contribution is 6.03. The summed E-state index contributed by atoms with van der Waals surface area (Å²) in [6.07, 6.45) is 1.39. The maximum Gasteiger partial charge on any atom is 0.233 e. The molecule has 0 unspecified atom stereocenters. The van der Waals surface area contributed by atoms with Gasteiger partial charge in [-0.15, -0.1) is 0 Å². The van der Waals surface area contributed by atoms with E-state index in [4.69, 9.17) is 9.47 Å². The van der Waals surface area contributed by atoms with Crippen LogP contribution in [0.4, 0.5) is 0 Å². The molecule has 2 rings (SSSR count). The fourth-order valence-electron chi connectivity index (χ4n) is 2.05. The van der Waals surface area contributed by atoms with Gasteiger partial charge in [0, 0.05) is 26.2 Å². The number of hydrogen-bond donors (Lipinski definition) is 0. The minimum absolute atomic E-state index is 0.0747. The van der Waals surface area contributed by atoms with Crippen molar-refractivity contribution in [2.45, 2.75) is 18.6 Å². The lowest BCUT2D eigenvalue weighted by Crippen LogP contribution is -2.46. The molecule has 3 nitrogen and oxygen atoms in total. The van der Waals surface area contributed by atoms with E-state index in [-0.39, 0.29) is 5.78 Å². The van der Waals surface area contributed by atoms with E-state index in [1.165, 1.54) is 14.2 Å². The second-order valence-corrected chi connectivity index (χ2v) is 3.65. The van der Waals surface area contributed by atoms with Crippen LogP contribution in [0.15, 0.2) is 24.3 Å². The lowest BCUT2D eigenvalue weighted by Gasteiger charge is -2.33. The minimum Gasteiger partial charge on any atom is -0.347 e. The molecular formula is C12H14O3. The highest BCUT2D eigenvalue weighted by Gasteiger charge is 2.43. The van der Waals surface area contributed by atoms with E-state index in [0.29, 0.717) is 12.0 Å². The maximum absolute atomic E-state index is 12.2. The molecule has 3 heteroatoms. The van der Waals surface area contributed by atoms with Crippen LogP contribution in [0.5, 0.6) is 0 Å². The Balaban J connectivity index is 2.45. The molecule has 0 aliphatic heterocycles. The van der Waals surface area contributed by atoms with Gasteiger partial charge in [-0.2, -0.15) is 0 Å². The van der Waals surface area contributed by atoms with Gasteiger partial charge >= 0.3 is 0 Å². The predicted molar refractivity (Wildman–Crippen MR) is 55.8 cm³/mol. The summed E-state index contributed by atoms with van der Waals surface area (Å²) in [5, 5.41) is 0. The number of carbonyl (C=O) groups excluding carboxylic acids is 1. The first kappa shape index (κ1) is 10.3. The van der Waals surface area contributed by atoms with Gasteiger partial charge in [0.1, 0.15) is 0 Å². The van der Waals surface area contributed by atoms with Crippen LogP contribution < -0.4 is 0 Å². The van der Waals surface area contributed by atoms with E-state index in [0.717, 1.165) is 12.0 Å². The topological polar surface area (TPSA) is 35.5 Å². The van der Waals surface area contributed by atoms with Crippen molar-refractivity contribution < 1.29 is 14.3 Å². The molecule has 0 fully saturated rings. The summed E-state index contributed by atoms with van der Waals surface area (Å²) >= 11 is 0. The zero-order valence-corrected chi connectivity index (χ0v) is 8.95. The third-order valence-electron chi connectivity index (χ3n) is 2.99. The number of carbonyl (C=O) groups is 1. The van der Waals surface area contributed by atoms with Gasteiger partial charge in [-0.1, -0.05) is 24.3 Å². The zero-order valence-electron chi connectivity index (χ0n) is 8.95. The molecule has 0 amide bonds. The van der Waals surface area contributed by atoms with Crippen molar-refractivity contribution in [1.82, 2.24) is 0 Å². The number of ketones is 1. The molecule has 1 aliphatic carbocycles. The molecule has 0 spiro atoms. The summed E-state index contributed by atoms with van der Waals surface area (Å²) in [7, 11) is 3.02. The largest absolute Gasteiger partial charge is 0.347 e. The number of methoxy groups -OCH3 is 2. The first-order valence-corrected chi connectivity index (χ1v) is 4.96. The number of rotatable bonds is 2. The van der Waals surface area contributed by atoms with Crippen LogP contribution in [-0.2, 0) is 15.9 Å². The molecule has 0 N–H and O–H groups in total. The molecule has 15 heavy (non-hydrogen) atoms. The summed E-state index contributed by atoms with van der Waals surface area (Å²) in [4.78, 5) is 12.2. The third kappa shape index (κ3) is 1.48. The summed E-state index contributed by atoms with van der Waals surface area (Å²) in [5.41, 5.74) is 1.79. The average Bonchev–Trinajstić information content (AvgIpc) is 2.31. The maximum atomic E-state index is 12.2. The van der Waals surface area contributed by atoms with Gasteiger partial charge in [0.15, 0.2) is 0 Å². The van der Waals surface area contributed by atoms with Gasteiger partial charge in [-0.3, -0.25) is 4.79 Å². The molecule has 0 saturated heterocycles. The van der Waals surface area contributed by atoms with Crippen molar-refractivity contribution in [2.24, 2.45) is 0 Å². The van der Waals surface area contributed by atoms with Crippen LogP contribution in [0.25, 0.3) is 0 Å². The molecule has 0 atom stereocenters. The van der Waals surface area contributed by atoms with Gasteiger partial charge in [-0.25, -0.2) is 0 Å². The Morgan fingerprint density at radius 2 is 1.87 bits per heavy atom. The Kier molecular flexibility index (Phi) is 2.59. The number of ether oxygens (including phenoxy) is 2. The van der Waals surface area contributed by atoms with Crippen LogP contribution in [0.3, 0.4) is 0 Å². The van der Waals surface area contributed by atoms with Crippen molar-refractivity contribution in [3.05, 3.63) is 35.4 Å². The van der Waals surface area contributed by atoms with Crippen molar-refractivity contribution in [3.63, 3.8) is 0 Å². The number of fused-ring (bicyclic) bond motifs is 1.